The topological polar surface area (TPSA) is 173 Å². The Balaban J connectivity index is 1.68. The standard InChI is InChI=1S/C22H18N6O5/c29-11-12-1-3-13(4-2-12)23-20-26-21(24-14-5-16(30)9-17(31)6-14)28-22(27-20)25-15-7-18(32)10-19(33)8-15/h1-11,30-33H,(H3,23,24,25,26,27,28). The highest BCUT2D eigenvalue weighted by Crippen LogP contribution is 2.28. The number of hydrogen-bond donors (Lipinski definition) is 7. The first-order valence-electron chi connectivity index (χ1n) is 9.55. The van der Waals surface area contributed by atoms with Crippen molar-refractivity contribution >= 4 is 41.2 Å². The summed E-state index contributed by atoms with van der Waals surface area (Å²) < 4.78 is 0. The Labute approximate surface area is 187 Å². The van der Waals surface area contributed by atoms with Crippen LogP contribution in [0.5, 0.6) is 23.0 Å². The van der Waals surface area contributed by atoms with Gasteiger partial charge in [0.05, 0.1) is 0 Å². The van der Waals surface area contributed by atoms with Crippen molar-refractivity contribution in [1.82, 2.24) is 15.0 Å². The fourth-order valence-electron chi connectivity index (χ4n) is 2.91. The third kappa shape index (κ3) is 5.55. The van der Waals surface area contributed by atoms with Crippen LogP contribution in [0.4, 0.5) is 34.9 Å². The first-order chi connectivity index (χ1) is 15.9. The first-order valence-corrected chi connectivity index (χ1v) is 9.55. The molecular weight excluding hydrogens is 428 g/mol. The van der Waals surface area contributed by atoms with Gasteiger partial charge in [0.15, 0.2) is 0 Å². The number of phenols is 4. The van der Waals surface area contributed by atoms with E-state index in [1.807, 2.05) is 0 Å². The molecule has 4 aromatic rings. The molecule has 0 spiro atoms. The number of nitrogens with zero attached hydrogens (tertiary/aromatic N) is 3. The number of aromatic nitrogens is 3. The molecule has 1 aromatic heterocycles. The van der Waals surface area contributed by atoms with E-state index in [2.05, 4.69) is 30.9 Å². The van der Waals surface area contributed by atoms with Crippen molar-refractivity contribution in [1.29, 1.82) is 0 Å². The quantitative estimate of drug-likeness (QED) is 0.206. The molecule has 33 heavy (non-hydrogen) atoms. The SMILES string of the molecule is O=Cc1ccc(Nc2nc(Nc3cc(O)cc(O)c3)nc(Nc3cc(O)cc(O)c3)n2)cc1. The van der Waals surface area contributed by atoms with Crippen LogP contribution >= 0.6 is 0 Å². The lowest BCUT2D eigenvalue weighted by atomic mass is 10.2. The number of anilines is 6. The van der Waals surface area contributed by atoms with Crippen molar-refractivity contribution in [3.05, 3.63) is 66.2 Å². The molecule has 4 rings (SSSR count). The lowest BCUT2D eigenvalue weighted by Crippen LogP contribution is -2.07. The zero-order chi connectivity index (χ0) is 23.4. The Hall–Kier alpha value is -5.06. The Morgan fingerprint density at radius 1 is 0.545 bits per heavy atom. The predicted octanol–water partition coefficient (Wildman–Crippen LogP) is 3.74. The van der Waals surface area contributed by atoms with Crippen LogP contribution in [-0.2, 0) is 0 Å². The number of aldehydes is 1. The van der Waals surface area contributed by atoms with Crippen LogP contribution in [0.2, 0.25) is 0 Å². The lowest BCUT2D eigenvalue weighted by molar-refractivity contribution is 0.112. The second-order valence-electron chi connectivity index (χ2n) is 6.90. The number of phenolic OH excluding ortho intramolecular Hbond substituents is 4. The van der Waals surface area contributed by atoms with E-state index in [-0.39, 0.29) is 40.8 Å². The number of aromatic hydroxyl groups is 4. The van der Waals surface area contributed by atoms with Crippen molar-refractivity contribution in [3.63, 3.8) is 0 Å². The third-order valence-corrected chi connectivity index (χ3v) is 4.26. The maximum Gasteiger partial charge on any atom is 0.233 e. The van der Waals surface area contributed by atoms with Gasteiger partial charge in [0.2, 0.25) is 17.8 Å². The van der Waals surface area contributed by atoms with Crippen LogP contribution in [0.15, 0.2) is 60.7 Å². The zero-order valence-corrected chi connectivity index (χ0v) is 16.9. The second-order valence-corrected chi connectivity index (χ2v) is 6.90. The molecule has 0 aliphatic rings. The summed E-state index contributed by atoms with van der Waals surface area (Å²) in [6.07, 6.45) is 0.728. The summed E-state index contributed by atoms with van der Waals surface area (Å²) in [4.78, 5) is 23.7. The molecule has 0 saturated heterocycles. The van der Waals surface area contributed by atoms with Crippen molar-refractivity contribution < 1.29 is 25.2 Å². The number of carbonyl (C=O) groups is 1. The summed E-state index contributed by atoms with van der Waals surface area (Å²) in [5, 5.41) is 47.6. The summed E-state index contributed by atoms with van der Waals surface area (Å²) in [7, 11) is 0. The van der Waals surface area contributed by atoms with Crippen LogP contribution in [0.3, 0.4) is 0 Å². The van der Waals surface area contributed by atoms with E-state index in [1.165, 1.54) is 36.4 Å². The van der Waals surface area contributed by atoms with Gasteiger partial charge in [-0.15, -0.1) is 0 Å². The zero-order valence-electron chi connectivity index (χ0n) is 16.9. The van der Waals surface area contributed by atoms with Crippen LogP contribution < -0.4 is 16.0 Å². The minimum absolute atomic E-state index is 0.0638. The molecule has 0 atom stereocenters. The summed E-state index contributed by atoms with van der Waals surface area (Å²) in [6.45, 7) is 0. The van der Waals surface area contributed by atoms with Gasteiger partial charge >= 0.3 is 0 Å². The average Bonchev–Trinajstić information content (AvgIpc) is 2.72. The molecule has 0 radical (unpaired) electrons. The highest BCUT2D eigenvalue weighted by Gasteiger charge is 2.10. The smallest absolute Gasteiger partial charge is 0.233 e. The van der Waals surface area contributed by atoms with E-state index in [9.17, 15) is 25.2 Å². The summed E-state index contributed by atoms with van der Waals surface area (Å²) in [5.41, 5.74) is 1.75. The summed E-state index contributed by atoms with van der Waals surface area (Å²) >= 11 is 0. The van der Waals surface area contributed by atoms with Crippen molar-refractivity contribution in [3.8, 4) is 23.0 Å². The molecule has 0 aliphatic carbocycles. The van der Waals surface area contributed by atoms with Gasteiger partial charge in [-0.3, -0.25) is 4.79 Å². The van der Waals surface area contributed by atoms with Crippen LogP contribution in [0, 0.1) is 0 Å². The number of benzene rings is 3. The van der Waals surface area contributed by atoms with E-state index in [0.29, 0.717) is 22.6 Å². The van der Waals surface area contributed by atoms with Gasteiger partial charge in [0.25, 0.3) is 0 Å². The largest absolute Gasteiger partial charge is 0.508 e. The average molecular weight is 446 g/mol. The molecule has 0 bridgehead atoms. The van der Waals surface area contributed by atoms with Gasteiger partial charge in [-0.1, -0.05) is 0 Å². The van der Waals surface area contributed by atoms with Gasteiger partial charge < -0.3 is 36.4 Å². The molecule has 11 nitrogen and oxygen atoms in total. The molecule has 0 amide bonds. The van der Waals surface area contributed by atoms with Crippen molar-refractivity contribution in [2.24, 2.45) is 0 Å². The van der Waals surface area contributed by atoms with Gasteiger partial charge in [-0.05, 0) is 24.3 Å². The van der Waals surface area contributed by atoms with E-state index in [0.717, 1.165) is 6.29 Å². The number of nitrogens with one attached hydrogen (secondary N) is 3. The van der Waals surface area contributed by atoms with Gasteiger partial charge in [0, 0.05) is 59.0 Å². The molecule has 7 N–H and O–H groups in total. The lowest BCUT2D eigenvalue weighted by Gasteiger charge is -2.12. The van der Waals surface area contributed by atoms with Gasteiger partial charge in [-0.2, -0.15) is 15.0 Å². The van der Waals surface area contributed by atoms with Gasteiger partial charge in [0.1, 0.15) is 29.3 Å². The van der Waals surface area contributed by atoms with Crippen LogP contribution in [-0.4, -0.2) is 41.7 Å². The molecular formula is C22H18N6O5. The molecule has 1 heterocycles. The maximum atomic E-state index is 10.9. The number of hydrogen-bond acceptors (Lipinski definition) is 11. The predicted molar refractivity (Wildman–Crippen MR) is 121 cm³/mol. The molecule has 0 aliphatic heterocycles. The minimum atomic E-state index is -0.159. The van der Waals surface area contributed by atoms with Crippen LogP contribution in [0.1, 0.15) is 10.4 Å². The fraction of sp³-hybridized carbons (Fsp3) is 0. The number of rotatable bonds is 7. The van der Waals surface area contributed by atoms with Crippen LogP contribution in [0.25, 0.3) is 0 Å². The molecule has 0 saturated carbocycles. The molecule has 0 fully saturated rings. The van der Waals surface area contributed by atoms with Crippen molar-refractivity contribution in [2.75, 3.05) is 16.0 Å². The Morgan fingerprint density at radius 3 is 1.27 bits per heavy atom. The molecule has 3 aromatic carbocycles. The normalized spacial score (nSPS) is 10.4. The summed E-state index contributed by atoms with van der Waals surface area (Å²) in [5.74, 6) is -0.379. The van der Waals surface area contributed by atoms with E-state index >= 15 is 0 Å². The Morgan fingerprint density at radius 2 is 0.909 bits per heavy atom. The molecule has 11 heteroatoms. The van der Waals surface area contributed by atoms with E-state index < -0.39 is 0 Å². The monoisotopic (exact) mass is 446 g/mol. The highest BCUT2D eigenvalue weighted by atomic mass is 16.3. The second kappa shape index (κ2) is 8.98. The Bertz CT molecular complexity index is 1200. The maximum absolute atomic E-state index is 10.9. The van der Waals surface area contributed by atoms with E-state index in [4.69, 9.17) is 0 Å². The Kier molecular flexibility index (Phi) is 5.76. The van der Waals surface area contributed by atoms with Crippen molar-refractivity contribution in [2.45, 2.75) is 0 Å². The minimum Gasteiger partial charge on any atom is -0.508 e. The highest BCUT2D eigenvalue weighted by molar-refractivity contribution is 5.76. The van der Waals surface area contributed by atoms with Gasteiger partial charge in [-0.25, -0.2) is 0 Å². The summed E-state index contributed by atoms with van der Waals surface area (Å²) in [6, 6.07) is 14.4. The molecule has 0 unspecified atom stereocenters. The third-order valence-electron chi connectivity index (χ3n) is 4.26. The fourth-order valence-corrected chi connectivity index (χ4v) is 2.91. The molecule has 166 valence electrons. The van der Waals surface area contributed by atoms with E-state index in [1.54, 1.807) is 24.3 Å². The number of carbonyl (C=O) groups excluding carboxylic acids is 1. The first kappa shape index (κ1) is 21.2.